The zero-order valence-electron chi connectivity index (χ0n) is 5.03. The van der Waals surface area contributed by atoms with Crippen LogP contribution in [0, 0.1) is 0 Å². The fourth-order valence-electron chi connectivity index (χ4n) is 0.255. The number of hydrogen-bond acceptors (Lipinski definition) is 4. The third-order valence-corrected chi connectivity index (χ3v) is 1.34. The maximum atomic E-state index is 10.3. The number of rotatable bonds is 4. The molecule has 0 spiro atoms. The molecule has 0 saturated carbocycles. The summed E-state index contributed by atoms with van der Waals surface area (Å²) in [5, 5.41) is 0. The van der Waals surface area contributed by atoms with Crippen molar-refractivity contribution in [3.05, 3.63) is 12.8 Å². The van der Waals surface area contributed by atoms with E-state index in [1.165, 1.54) is 0 Å². The van der Waals surface area contributed by atoms with Crippen molar-refractivity contribution >= 4 is 40.0 Å². The van der Waals surface area contributed by atoms with Gasteiger partial charge in [-0.1, -0.05) is 6.58 Å². The molecule has 0 heterocycles. The van der Waals surface area contributed by atoms with E-state index >= 15 is 0 Å². The van der Waals surface area contributed by atoms with Crippen LogP contribution in [0.3, 0.4) is 0 Å². The molecule has 0 bridgehead atoms. The summed E-state index contributed by atoms with van der Waals surface area (Å²) in [6.45, 7) is 4.66. The second-order valence-electron chi connectivity index (χ2n) is 1.08. The van der Waals surface area contributed by atoms with Crippen LogP contribution in [0.25, 0.3) is 0 Å². The monoisotopic (exact) mass is 176 g/mol. The summed E-state index contributed by atoms with van der Waals surface area (Å²) >= 11 is 0. The van der Waals surface area contributed by atoms with Crippen LogP contribution < -0.4 is 0 Å². The van der Waals surface area contributed by atoms with Crippen LogP contribution in [-0.4, -0.2) is 44.6 Å². The van der Waals surface area contributed by atoms with Gasteiger partial charge in [0.25, 0.3) is 0 Å². The van der Waals surface area contributed by atoms with Crippen molar-refractivity contribution in [2.45, 2.75) is 6.92 Å². The van der Waals surface area contributed by atoms with E-state index in [-0.39, 0.29) is 36.2 Å². The summed E-state index contributed by atoms with van der Waals surface area (Å²) in [5.41, 5.74) is 0. The van der Waals surface area contributed by atoms with Gasteiger partial charge in [0.15, 0.2) is 0 Å². The second kappa shape index (κ2) is 6.18. The van der Waals surface area contributed by atoms with E-state index in [4.69, 9.17) is 0 Å². The van der Waals surface area contributed by atoms with E-state index in [9.17, 15) is 8.42 Å². The molecule has 0 amide bonds. The van der Waals surface area contributed by atoms with Crippen molar-refractivity contribution in [2.24, 2.45) is 0 Å². The summed E-state index contributed by atoms with van der Waals surface area (Å²) in [6.07, 6.45) is 0.797. The summed E-state index contributed by atoms with van der Waals surface area (Å²) in [6, 6.07) is 0. The van der Waals surface area contributed by atoms with Gasteiger partial charge in [-0.2, -0.15) is 8.42 Å². The molecule has 0 aliphatic carbocycles. The van der Waals surface area contributed by atoms with E-state index in [2.05, 4.69) is 14.9 Å². The molecule has 0 aromatic rings. The Hall–Kier alpha value is 0.450. The molecule has 0 atom stereocenters. The first-order valence-electron chi connectivity index (χ1n) is 2.31. The third kappa shape index (κ3) is 6.57. The zero-order valence-corrected chi connectivity index (χ0v) is 5.85. The van der Waals surface area contributed by atoms with Crippen molar-refractivity contribution in [1.29, 1.82) is 0 Å². The molecule has 0 aromatic heterocycles. The molecular weight excluding hydrogens is 167 g/mol. The number of hydrogen-bond donors (Lipinski definition) is 0. The Morgan fingerprint density at radius 1 is 1.60 bits per heavy atom. The Balaban J connectivity index is 0. The average molecular weight is 176 g/mol. The van der Waals surface area contributed by atoms with Crippen molar-refractivity contribution in [3.63, 3.8) is 0 Å². The molecule has 4 nitrogen and oxygen atoms in total. The topological polar surface area (TPSA) is 52.6 Å². The van der Waals surface area contributed by atoms with Gasteiger partial charge in [-0.3, -0.25) is 0 Å². The van der Waals surface area contributed by atoms with Gasteiger partial charge in [0, 0.05) is 0 Å². The van der Waals surface area contributed by atoms with Gasteiger partial charge in [0.1, 0.15) is 6.26 Å². The minimum absolute atomic E-state index is 0. The molecule has 0 fully saturated rings. The predicted molar refractivity (Wildman–Crippen MR) is 39.0 cm³/mol. The van der Waals surface area contributed by atoms with Gasteiger partial charge in [-0.15, -0.1) is 0 Å². The molecule has 0 aromatic carbocycles. The van der Waals surface area contributed by atoms with E-state index in [1.807, 2.05) is 0 Å². The van der Waals surface area contributed by atoms with E-state index < -0.39 is 10.4 Å². The molecule has 0 unspecified atom stereocenters. The SMILES string of the molecule is C=COS(=O)(=O)OCC.[NaH]. The first kappa shape index (κ1) is 13.1. The summed E-state index contributed by atoms with van der Waals surface area (Å²) in [4.78, 5) is 0. The third-order valence-electron chi connectivity index (χ3n) is 0.448. The Kier molecular flexibility index (Phi) is 8.08. The van der Waals surface area contributed by atoms with Crippen LogP contribution in [0.15, 0.2) is 12.8 Å². The first-order valence-corrected chi connectivity index (χ1v) is 3.64. The molecule has 0 saturated heterocycles. The molecule has 0 aliphatic rings. The van der Waals surface area contributed by atoms with E-state index in [0.717, 1.165) is 6.26 Å². The van der Waals surface area contributed by atoms with Crippen molar-refractivity contribution in [3.8, 4) is 0 Å². The Labute approximate surface area is 82.8 Å². The van der Waals surface area contributed by atoms with Crippen molar-refractivity contribution < 1.29 is 16.8 Å². The van der Waals surface area contributed by atoms with Gasteiger partial charge in [-0.25, -0.2) is 4.18 Å². The van der Waals surface area contributed by atoms with Crippen LogP contribution in [0.4, 0.5) is 0 Å². The standard InChI is InChI=1S/C4H8O4S.Na.H/c1-3-7-9(5,6)8-4-2;;/h3H,1,4H2,2H3;;. The fourth-order valence-corrected chi connectivity index (χ4v) is 0.766. The Morgan fingerprint density at radius 3 is 2.40 bits per heavy atom. The maximum absolute atomic E-state index is 10.3. The average Bonchev–Trinajstić information content (AvgIpc) is 1.64. The molecule has 0 radical (unpaired) electrons. The second-order valence-corrected chi connectivity index (χ2v) is 2.32. The van der Waals surface area contributed by atoms with Gasteiger partial charge in [0.2, 0.25) is 0 Å². The van der Waals surface area contributed by atoms with Gasteiger partial charge < -0.3 is 4.18 Å². The van der Waals surface area contributed by atoms with Gasteiger partial charge in [-0.05, 0) is 6.92 Å². The van der Waals surface area contributed by atoms with E-state index in [1.54, 1.807) is 6.92 Å². The fraction of sp³-hybridized carbons (Fsp3) is 0.500. The molecular formula is C4H9NaO4S. The first-order chi connectivity index (χ1) is 4.12. The van der Waals surface area contributed by atoms with Gasteiger partial charge in [0.05, 0.1) is 6.61 Å². The molecule has 0 aliphatic heterocycles. The van der Waals surface area contributed by atoms with Crippen molar-refractivity contribution in [2.75, 3.05) is 6.61 Å². The van der Waals surface area contributed by atoms with Crippen LogP contribution in [0.5, 0.6) is 0 Å². The Bertz CT molecular complexity index is 174. The van der Waals surface area contributed by atoms with Crippen LogP contribution in [0.1, 0.15) is 6.92 Å². The summed E-state index contributed by atoms with van der Waals surface area (Å²) in [7, 11) is -3.80. The zero-order chi connectivity index (χ0) is 7.33. The normalized spacial score (nSPS) is 9.70. The molecule has 10 heavy (non-hydrogen) atoms. The summed E-state index contributed by atoms with van der Waals surface area (Å²) in [5.74, 6) is 0. The molecule has 6 heteroatoms. The van der Waals surface area contributed by atoms with Crippen LogP contribution >= 0.6 is 0 Å². The van der Waals surface area contributed by atoms with Gasteiger partial charge >= 0.3 is 40.0 Å². The molecule has 0 N–H and O–H groups in total. The molecule has 56 valence electrons. The Morgan fingerprint density at radius 2 is 2.10 bits per heavy atom. The minimum atomic E-state index is -3.80. The predicted octanol–water partition coefficient (Wildman–Crippen LogP) is -0.221. The van der Waals surface area contributed by atoms with Crippen LogP contribution in [0.2, 0.25) is 0 Å². The van der Waals surface area contributed by atoms with Crippen LogP contribution in [-0.2, 0) is 18.8 Å². The van der Waals surface area contributed by atoms with E-state index in [0.29, 0.717) is 0 Å². The summed E-state index contributed by atoms with van der Waals surface area (Å²) < 4.78 is 28.8. The molecule has 0 rings (SSSR count). The quantitative estimate of drug-likeness (QED) is 0.439. The van der Waals surface area contributed by atoms with Crippen molar-refractivity contribution in [1.82, 2.24) is 0 Å².